The van der Waals surface area contributed by atoms with Crippen molar-refractivity contribution in [3.8, 4) is 0 Å². The van der Waals surface area contributed by atoms with Crippen molar-refractivity contribution < 1.29 is 17.4 Å². The second-order valence-electron chi connectivity index (χ2n) is 12.8. The molecule has 5 rings (SSSR count). The molecule has 10 heteroatoms. The van der Waals surface area contributed by atoms with Crippen LogP contribution in [0.1, 0.15) is 76.6 Å². The molecule has 3 aromatic rings. The normalized spacial score (nSPS) is 24.0. The van der Waals surface area contributed by atoms with E-state index in [4.69, 9.17) is 4.43 Å². The van der Waals surface area contributed by atoms with E-state index in [2.05, 4.69) is 90.2 Å². The van der Waals surface area contributed by atoms with Crippen LogP contribution in [0, 0.1) is 5.92 Å². The first kappa shape index (κ1) is 29.0. The Bertz CT molecular complexity index is 1530. The van der Waals surface area contributed by atoms with Crippen LogP contribution in [-0.4, -0.2) is 41.9 Å². The molecular formula is C30H42N4O4SSi. The van der Waals surface area contributed by atoms with E-state index >= 15 is 0 Å². The van der Waals surface area contributed by atoms with Crippen LogP contribution in [0.4, 0.5) is 5.82 Å². The zero-order chi connectivity index (χ0) is 28.9. The monoisotopic (exact) mass is 582 g/mol. The lowest BCUT2D eigenvalue weighted by molar-refractivity contribution is 0.152. The lowest BCUT2D eigenvalue weighted by Crippen LogP contribution is -2.45. The number of hydrogen-bond acceptors (Lipinski definition) is 6. The molecule has 1 aromatic carbocycles. The molecule has 0 amide bonds. The van der Waals surface area contributed by atoms with Gasteiger partial charge in [-0.15, -0.1) is 0 Å². The predicted octanol–water partition coefficient (Wildman–Crippen LogP) is 7.05. The first-order valence-electron chi connectivity index (χ1n) is 14.3. The van der Waals surface area contributed by atoms with Crippen LogP contribution >= 0.6 is 0 Å². The SMILES string of the molecule is CCC(=CS(=O)(=O)O)[C@@H]1C[C@@H](n2ccc3c(N[C@H]4CCc5ccccc54)ncnc32)C[C@H]1O[Si](C)(C)C(C)(C)C. The molecule has 0 bridgehead atoms. The highest BCUT2D eigenvalue weighted by atomic mass is 32.2. The van der Waals surface area contributed by atoms with E-state index in [1.54, 1.807) is 6.33 Å². The van der Waals surface area contributed by atoms with Crippen molar-refractivity contribution in [2.75, 3.05) is 5.32 Å². The van der Waals surface area contributed by atoms with Gasteiger partial charge in [0.1, 0.15) is 17.8 Å². The molecule has 0 radical (unpaired) electrons. The summed E-state index contributed by atoms with van der Waals surface area (Å²) in [6.45, 7) is 13.0. The van der Waals surface area contributed by atoms with Crippen LogP contribution in [0.2, 0.25) is 18.1 Å². The molecule has 0 unspecified atom stereocenters. The highest BCUT2D eigenvalue weighted by molar-refractivity contribution is 7.88. The Kier molecular flexibility index (Phi) is 7.75. The lowest BCUT2D eigenvalue weighted by Gasteiger charge is -2.40. The Hall–Kier alpha value is -2.53. The Morgan fingerprint density at radius 2 is 1.95 bits per heavy atom. The Labute approximate surface area is 239 Å². The zero-order valence-electron chi connectivity index (χ0n) is 24.4. The van der Waals surface area contributed by atoms with Crippen LogP contribution in [0.3, 0.4) is 0 Å². The van der Waals surface area contributed by atoms with Crippen LogP contribution in [0.15, 0.2) is 53.8 Å². The number of aryl methyl sites for hydroxylation is 1. The molecule has 2 N–H and O–H groups in total. The van der Waals surface area contributed by atoms with Crippen molar-refractivity contribution in [2.45, 2.75) is 96.1 Å². The molecule has 2 aliphatic carbocycles. The number of hydrogen-bond donors (Lipinski definition) is 2. The number of fused-ring (bicyclic) bond motifs is 2. The molecule has 2 heterocycles. The van der Waals surface area contributed by atoms with Crippen molar-refractivity contribution in [1.82, 2.24) is 14.5 Å². The zero-order valence-corrected chi connectivity index (χ0v) is 26.2. The van der Waals surface area contributed by atoms with Crippen LogP contribution in [0.25, 0.3) is 11.0 Å². The molecule has 2 aliphatic rings. The van der Waals surface area contributed by atoms with Gasteiger partial charge in [-0.05, 0) is 67.4 Å². The Morgan fingerprint density at radius 3 is 2.65 bits per heavy atom. The summed E-state index contributed by atoms with van der Waals surface area (Å²) in [4.78, 5) is 9.30. The fourth-order valence-electron chi connectivity index (χ4n) is 6.15. The summed E-state index contributed by atoms with van der Waals surface area (Å²) < 4.78 is 42.5. The topological polar surface area (TPSA) is 106 Å². The van der Waals surface area contributed by atoms with Gasteiger partial charge < -0.3 is 14.3 Å². The van der Waals surface area contributed by atoms with Crippen LogP contribution in [0.5, 0.6) is 0 Å². The van der Waals surface area contributed by atoms with Gasteiger partial charge in [0, 0.05) is 18.2 Å². The second kappa shape index (κ2) is 10.7. The number of nitrogens with one attached hydrogen (secondary N) is 1. The lowest BCUT2D eigenvalue weighted by atomic mass is 9.95. The first-order chi connectivity index (χ1) is 18.8. The maximum atomic E-state index is 11.9. The summed E-state index contributed by atoms with van der Waals surface area (Å²) in [5.74, 6) is 0.715. The van der Waals surface area contributed by atoms with Crippen molar-refractivity contribution in [2.24, 2.45) is 5.92 Å². The molecule has 216 valence electrons. The minimum atomic E-state index is -4.25. The van der Waals surface area contributed by atoms with E-state index in [0.717, 1.165) is 41.5 Å². The fraction of sp³-hybridized carbons (Fsp3) is 0.533. The maximum Gasteiger partial charge on any atom is 0.287 e. The van der Waals surface area contributed by atoms with Gasteiger partial charge in [-0.1, -0.05) is 57.5 Å². The summed E-state index contributed by atoms with van der Waals surface area (Å²) in [7, 11) is -6.39. The molecular weight excluding hydrogens is 541 g/mol. The summed E-state index contributed by atoms with van der Waals surface area (Å²) in [6.07, 6.45) is 7.61. The number of anilines is 1. The quantitative estimate of drug-likeness (QED) is 0.216. The van der Waals surface area contributed by atoms with E-state index < -0.39 is 18.4 Å². The van der Waals surface area contributed by atoms with Crippen LogP contribution in [-0.2, 0) is 21.0 Å². The number of nitrogens with zero attached hydrogens (tertiary/aromatic N) is 3. The third-order valence-electron chi connectivity index (χ3n) is 9.26. The van der Waals surface area contributed by atoms with Crippen molar-refractivity contribution in [3.05, 3.63) is 65.0 Å². The smallest absolute Gasteiger partial charge is 0.287 e. The molecule has 1 fully saturated rings. The van der Waals surface area contributed by atoms with Gasteiger partial charge in [-0.3, -0.25) is 4.55 Å². The van der Waals surface area contributed by atoms with Crippen LogP contribution < -0.4 is 5.32 Å². The molecule has 0 spiro atoms. The predicted molar refractivity (Wildman–Crippen MR) is 162 cm³/mol. The third kappa shape index (κ3) is 5.77. The van der Waals surface area contributed by atoms with Crippen molar-refractivity contribution in [3.63, 3.8) is 0 Å². The maximum absolute atomic E-state index is 11.9. The molecule has 0 saturated heterocycles. The van der Waals surface area contributed by atoms with Gasteiger partial charge in [0.25, 0.3) is 10.1 Å². The summed E-state index contributed by atoms with van der Waals surface area (Å²) in [5, 5.41) is 5.71. The van der Waals surface area contributed by atoms with Gasteiger partial charge in [0.15, 0.2) is 8.32 Å². The molecule has 0 aliphatic heterocycles. The third-order valence-corrected chi connectivity index (χ3v) is 14.4. The van der Waals surface area contributed by atoms with Gasteiger partial charge in [0.05, 0.1) is 22.9 Å². The molecule has 1 saturated carbocycles. The number of benzene rings is 1. The Balaban J connectivity index is 1.47. The fourth-order valence-corrected chi connectivity index (χ4v) is 8.25. The first-order valence-corrected chi connectivity index (χ1v) is 18.7. The van der Waals surface area contributed by atoms with Gasteiger partial charge in [-0.25, -0.2) is 9.97 Å². The largest absolute Gasteiger partial charge is 0.413 e. The number of aromatic nitrogens is 3. The van der Waals surface area contributed by atoms with Gasteiger partial charge in [0.2, 0.25) is 0 Å². The molecule has 4 atom stereocenters. The van der Waals surface area contributed by atoms with E-state index in [1.807, 2.05) is 6.92 Å². The Morgan fingerprint density at radius 1 is 1.20 bits per heavy atom. The van der Waals surface area contributed by atoms with Crippen molar-refractivity contribution in [1.29, 1.82) is 0 Å². The van der Waals surface area contributed by atoms with E-state index in [9.17, 15) is 13.0 Å². The minimum Gasteiger partial charge on any atom is -0.413 e. The molecule has 2 aromatic heterocycles. The average Bonchev–Trinajstić information content (AvgIpc) is 3.59. The standard InChI is InChI=1S/C30H42N4O4SSi/c1-7-20(18-39(35,36)37)25-16-22(17-27(25)38-40(5,6)30(2,3)4)34-15-14-24-28(31-19-32-29(24)34)33-26-13-12-21-10-8-9-11-23(21)26/h8-11,14-15,18-19,22,25-27H,7,12-13,16-17H2,1-6H3,(H,31,32,33)(H,35,36,37)/t22-,25+,26+,27-/m1/s1. The minimum absolute atomic E-state index is 0.0155. The van der Waals surface area contributed by atoms with Gasteiger partial charge in [-0.2, -0.15) is 8.42 Å². The average molecular weight is 583 g/mol. The number of rotatable bonds is 8. The molecule has 40 heavy (non-hydrogen) atoms. The second-order valence-corrected chi connectivity index (χ2v) is 18.8. The van der Waals surface area contributed by atoms with E-state index in [0.29, 0.717) is 18.4 Å². The van der Waals surface area contributed by atoms with Crippen molar-refractivity contribution >= 4 is 35.3 Å². The van der Waals surface area contributed by atoms with Gasteiger partial charge >= 0.3 is 0 Å². The van der Waals surface area contributed by atoms with E-state index in [1.165, 1.54) is 11.1 Å². The summed E-state index contributed by atoms with van der Waals surface area (Å²) in [5.41, 5.74) is 4.28. The summed E-state index contributed by atoms with van der Waals surface area (Å²) in [6, 6.07) is 10.9. The highest BCUT2D eigenvalue weighted by Gasteiger charge is 2.45. The summed E-state index contributed by atoms with van der Waals surface area (Å²) >= 11 is 0. The molecule has 8 nitrogen and oxygen atoms in total. The van der Waals surface area contributed by atoms with E-state index in [-0.39, 0.29) is 29.1 Å². The highest BCUT2D eigenvalue weighted by Crippen LogP contribution is 2.47.